The van der Waals surface area contributed by atoms with Crippen LogP contribution in [0.15, 0.2) is 48.5 Å². The van der Waals surface area contributed by atoms with Crippen LogP contribution >= 0.6 is 12.4 Å². The number of halogens is 1. The summed E-state index contributed by atoms with van der Waals surface area (Å²) in [5.74, 6) is 0.472. The lowest BCUT2D eigenvalue weighted by Gasteiger charge is -2.20. The Bertz CT molecular complexity index is 656. The number of nitrogens with two attached hydrogens (primary N) is 1. The molecule has 4 nitrogen and oxygen atoms in total. The van der Waals surface area contributed by atoms with Gasteiger partial charge in [0.25, 0.3) is 0 Å². The van der Waals surface area contributed by atoms with Gasteiger partial charge in [-0.2, -0.15) is 0 Å². The normalized spacial score (nSPS) is 12.6. The van der Waals surface area contributed by atoms with Gasteiger partial charge in [0.2, 0.25) is 5.91 Å². The molecule has 0 radical (unpaired) electrons. The standard InChI is InChI=1S/C20H26N2O2.ClH/c1-14-11-15(2)13-18(12-14)24-10-9-22-20(23)16(3)19(21)17-7-5-4-6-8-17;/h4-8,11-13,16,19H,9-10,21H2,1-3H3,(H,22,23);1H. The molecule has 0 bridgehead atoms. The third-order valence-electron chi connectivity index (χ3n) is 4.00. The van der Waals surface area contributed by atoms with Crippen LogP contribution in [0.25, 0.3) is 0 Å². The molecule has 5 heteroatoms. The van der Waals surface area contributed by atoms with Gasteiger partial charge >= 0.3 is 0 Å². The molecule has 136 valence electrons. The molecule has 2 atom stereocenters. The van der Waals surface area contributed by atoms with Crippen molar-refractivity contribution in [2.45, 2.75) is 26.8 Å². The number of ether oxygens (including phenoxy) is 1. The molecule has 0 saturated carbocycles. The maximum absolute atomic E-state index is 12.2. The number of hydrogen-bond donors (Lipinski definition) is 2. The third kappa shape index (κ3) is 6.40. The molecule has 0 aromatic heterocycles. The summed E-state index contributed by atoms with van der Waals surface area (Å²) in [7, 11) is 0. The van der Waals surface area contributed by atoms with E-state index in [1.165, 1.54) is 0 Å². The quantitative estimate of drug-likeness (QED) is 0.740. The number of benzene rings is 2. The maximum atomic E-state index is 12.2. The van der Waals surface area contributed by atoms with Crippen LogP contribution in [-0.2, 0) is 4.79 Å². The minimum absolute atomic E-state index is 0. The molecule has 0 heterocycles. The molecule has 3 N–H and O–H groups in total. The highest BCUT2D eigenvalue weighted by Crippen LogP contribution is 2.19. The molecule has 2 unspecified atom stereocenters. The second kappa shape index (κ2) is 10.1. The molecule has 0 aliphatic carbocycles. The van der Waals surface area contributed by atoms with Crippen molar-refractivity contribution in [3.05, 3.63) is 65.2 Å². The van der Waals surface area contributed by atoms with E-state index in [-0.39, 0.29) is 30.3 Å². The Morgan fingerprint density at radius 1 is 1.12 bits per heavy atom. The van der Waals surface area contributed by atoms with E-state index < -0.39 is 0 Å². The van der Waals surface area contributed by atoms with E-state index in [1.54, 1.807) is 0 Å². The summed E-state index contributed by atoms with van der Waals surface area (Å²) in [5, 5.41) is 2.89. The highest BCUT2D eigenvalue weighted by atomic mass is 35.5. The maximum Gasteiger partial charge on any atom is 0.224 e. The number of aryl methyl sites for hydroxylation is 2. The van der Waals surface area contributed by atoms with Crippen molar-refractivity contribution >= 4 is 18.3 Å². The van der Waals surface area contributed by atoms with Crippen molar-refractivity contribution in [1.82, 2.24) is 5.32 Å². The Labute approximate surface area is 156 Å². The van der Waals surface area contributed by atoms with Gasteiger partial charge in [-0.25, -0.2) is 0 Å². The van der Waals surface area contributed by atoms with Crippen molar-refractivity contribution < 1.29 is 9.53 Å². The van der Waals surface area contributed by atoms with Crippen molar-refractivity contribution in [3.63, 3.8) is 0 Å². The second-order valence-electron chi connectivity index (χ2n) is 6.19. The average Bonchev–Trinajstić information content (AvgIpc) is 2.57. The first kappa shape index (κ1) is 21.0. The highest BCUT2D eigenvalue weighted by molar-refractivity contribution is 5.85. The zero-order valence-corrected chi connectivity index (χ0v) is 15.8. The predicted octanol–water partition coefficient (Wildman–Crippen LogP) is 3.56. The molecule has 25 heavy (non-hydrogen) atoms. The summed E-state index contributed by atoms with van der Waals surface area (Å²) < 4.78 is 5.70. The minimum Gasteiger partial charge on any atom is -0.492 e. The molecule has 0 spiro atoms. The average molecular weight is 363 g/mol. The molecule has 1 amide bonds. The topological polar surface area (TPSA) is 64.3 Å². The summed E-state index contributed by atoms with van der Waals surface area (Å²) in [4.78, 5) is 12.2. The summed E-state index contributed by atoms with van der Waals surface area (Å²) >= 11 is 0. The Hall–Kier alpha value is -2.04. The predicted molar refractivity (Wildman–Crippen MR) is 104 cm³/mol. The summed E-state index contributed by atoms with van der Waals surface area (Å²) in [6, 6.07) is 15.4. The number of hydrogen-bond acceptors (Lipinski definition) is 3. The fourth-order valence-electron chi connectivity index (χ4n) is 2.65. The first-order valence-electron chi connectivity index (χ1n) is 8.26. The van der Waals surface area contributed by atoms with Crippen molar-refractivity contribution in [3.8, 4) is 5.75 Å². The lowest BCUT2D eigenvalue weighted by atomic mass is 9.95. The molecule has 0 aliphatic heterocycles. The fraction of sp³-hybridized carbons (Fsp3) is 0.350. The van der Waals surface area contributed by atoms with Gasteiger partial charge < -0.3 is 15.8 Å². The van der Waals surface area contributed by atoms with Gasteiger partial charge in [-0.15, -0.1) is 12.4 Å². The zero-order valence-electron chi connectivity index (χ0n) is 15.0. The number of carbonyl (C=O) groups excluding carboxylic acids is 1. The van der Waals surface area contributed by atoms with Crippen LogP contribution < -0.4 is 15.8 Å². The van der Waals surface area contributed by atoms with Gasteiger partial charge in [-0.1, -0.05) is 43.3 Å². The van der Waals surface area contributed by atoms with Crippen molar-refractivity contribution in [2.24, 2.45) is 11.7 Å². The highest BCUT2D eigenvalue weighted by Gasteiger charge is 2.21. The van der Waals surface area contributed by atoms with Gasteiger partial charge in [0.15, 0.2) is 0 Å². The smallest absolute Gasteiger partial charge is 0.224 e. The van der Waals surface area contributed by atoms with Crippen LogP contribution in [0.5, 0.6) is 5.75 Å². The molecule has 0 saturated heterocycles. The number of rotatable bonds is 7. The first-order chi connectivity index (χ1) is 11.5. The van der Waals surface area contributed by atoms with Gasteiger partial charge in [-0.05, 0) is 42.7 Å². The van der Waals surface area contributed by atoms with E-state index in [2.05, 4.69) is 11.4 Å². The van der Waals surface area contributed by atoms with E-state index in [9.17, 15) is 4.79 Å². The lowest BCUT2D eigenvalue weighted by molar-refractivity contribution is -0.125. The van der Waals surface area contributed by atoms with Gasteiger partial charge in [0.05, 0.1) is 12.5 Å². The Morgan fingerprint density at radius 2 is 1.72 bits per heavy atom. The fourth-order valence-corrected chi connectivity index (χ4v) is 2.65. The molecule has 0 aliphatic rings. The van der Waals surface area contributed by atoms with E-state index in [4.69, 9.17) is 10.5 Å². The Balaban J connectivity index is 0.00000312. The van der Waals surface area contributed by atoms with Crippen molar-refractivity contribution in [1.29, 1.82) is 0 Å². The summed E-state index contributed by atoms with van der Waals surface area (Å²) in [6.07, 6.45) is 0. The SMILES string of the molecule is Cc1cc(C)cc(OCCNC(=O)C(C)C(N)c2ccccc2)c1.Cl. The van der Waals surface area contributed by atoms with E-state index in [0.29, 0.717) is 13.2 Å². The van der Waals surface area contributed by atoms with Gasteiger partial charge in [0, 0.05) is 6.04 Å². The number of nitrogens with one attached hydrogen (secondary N) is 1. The van der Waals surface area contributed by atoms with E-state index >= 15 is 0 Å². The van der Waals surface area contributed by atoms with Crippen LogP contribution in [0, 0.1) is 19.8 Å². The number of carbonyl (C=O) groups is 1. The summed E-state index contributed by atoms with van der Waals surface area (Å²) in [6.45, 7) is 6.81. The van der Waals surface area contributed by atoms with Gasteiger partial charge in [0.1, 0.15) is 12.4 Å². The Morgan fingerprint density at radius 3 is 2.32 bits per heavy atom. The molecular formula is C20H27ClN2O2. The van der Waals surface area contributed by atoms with Crippen LogP contribution in [0.4, 0.5) is 0 Å². The lowest BCUT2D eigenvalue weighted by Crippen LogP contribution is -2.37. The van der Waals surface area contributed by atoms with Gasteiger partial charge in [-0.3, -0.25) is 4.79 Å². The van der Waals surface area contributed by atoms with Crippen LogP contribution in [0.1, 0.15) is 29.7 Å². The minimum atomic E-state index is -0.313. The molecule has 2 aromatic rings. The first-order valence-corrected chi connectivity index (χ1v) is 8.26. The van der Waals surface area contributed by atoms with Crippen LogP contribution in [0.3, 0.4) is 0 Å². The number of amides is 1. The Kier molecular flexibility index (Phi) is 8.46. The van der Waals surface area contributed by atoms with Crippen LogP contribution in [0.2, 0.25) is 0 Å². The molecular weight excluding hydrogens is 336 g/mol. The monoisotopic (exact) mass is 362 g/mol. The van der Waals surface area contributed by atoms with E-state index in [0.717, 1.165) is 22.4 Å². The summed E-state index contributed by atoms with van der Waals surface area (Å²) in [5.41, 5.74) is 9.47. The molecule has 2 aromatic carbocycles. The van der Waals surface area contributed by atoms with Crippen molar-refractivity contribution in [2.75, 3.05) is 13.2 Å². The zero-order chi connectivity index (χ0) is 17.5. The van der Waals surface area contributed by atoms with Crippen LogP contribution in [-0.4, -0.2) is 19.1 Å². The largest absolute Gasteiger partial charge is 0.492 e. The molecule has 0 fully saturated rings. The molecule has 2 rings (SSSR count). The van der Waals surface area contributed by atoms with E-state index in [1.807, 2.05) is 63.2 Å². The third-order valence-corrected chi connectivity index (χ3v) is 4.00. The second-order valence-corrected chi connectivity index (χ2v) is 6.19.